The van der Waals surface area contributed by atoms with Crippen LogP contribution in [0.2, 0.25) is 0 Å². The van der Waals surface area contributed by atoms with Crippen LogP contribution in [0.5, 0.6) is 5.75 Å². The number of ether oxygens (including phenoxy) is 2. The van der Waals surface area contributed by atoms with Gasteiger partial charge in [-0.3, -0.25) is 9.59 Å². The molecule has 0 aromatic heterocycles. The first-order valence-corrected chi connectivity index (χ1v) is 11.6. The third-order valence-electron chi connectivity index (χ3n) is 6.28. The van der Waals surface area contributed by atoms with Gasteiger partial charge in [-0.15, -0.1) is 0 Å². The lowest BCUT2D eigenvalue weighted by atomic mass is 10.0. The van der Waals surface area contributed by atoms with Crippen molar-refractivity contribution >= 4 is 23.6 Å². The number of carbonyl (C=O) groups excluding carboxylic acids is 2. The zero-order chi connectivity index (χ0) is 23.2. The molecule has 3 aliphatic rings. The molecule has 0 spiro atoms. The molecule has 2 atom stereocenters. The van der Waals surface area contributed by atoms with Crippen molar-refractivity contribution in [2.45, 2.75) is 44.8 Å². The van der Waals surface area contributed by atoms with Gasteiger partial charge in [-0.2, -0.15) is 0 Å². The number of benzene rings is 1. The molecule has 1 aromatic carbocycles. The van der Waals surface area contributed by atoms with E-state index in [1.807, 2.05) is 24.3 Å². The van der Waals surface area contributed by atoms with Crippen LogP contribution in [0, 0.1) is 0 Å². The van der Waals surface area contributed by atoms with Crippen LogP contribution in [0.15, 0.2) is 58.8 Å². The average Bonchev–Trinajstić information content (AvgIpc) is 2.83. The van der Waals surface area contributed by atoms with Gasteiger partial charge in [-0.05, 0) is 63.1 Å². The molecule has 2 amide bonds. The SMILES string of the molecule is COc1ccccc1/C=C1\OC2C=CC(C(=O)NCCCN3CCCCC3C)=CC2=NC1=O. The summed E-state index contributed by atoms with van der Waals surface area (Å²) in [4.78, 5) is 31.8. The number of hydrogen-bond acceptors (Lipinski definition) is 5. The molecule has 1 aliphatic carbocycles. The fourth-order valence-electron chi connectivity index (χ4n) is 4.37. The lowest BCUT2D eigenvalue weighted by molar-refractivity contribution is -0.119. The number of hydrogen-bond donors (Lipinski definition) is 1. The summed E-state index contributed by atoms with van der Waals surface area (Å²) < 4.78 is 11.2. The summed E-state index contributed by atoms with van der Waals surface area (Å²) in [6, 6.07) is 8.00. The van der Waals surface area contributed by atoms with Crippen molar-refractivity contribution in [1.82, 2.24) is 10.2 Å². The predicted octanol–water partition coefficient (Wildman–Crippen LogP) is 3.28. The van der Waals surface area contributed by atoms with Crippen molar-refractivity contribution in [3.05, 3.63) is 59.4 Å². The van der Waals surface area contributed by atoms with E-state index in [1.165, 1.54) is 19.3 Å². The Bertz CT molecular complexity index is 1020. The Kier molecular flexibility index (Phi) is 7.40. The maximum atomic E-state index is 12.6. The van der Waals surface area contributed by atoms with Crippen LogP contribution in [0.3, 0.4) is 0 Å². The van der Waals surface area contributed by atoms with Crippen LogP contribution < -0.4 is 10.1 Å². The number of piperidine rings is 1. The molecule has 174 valence electrons. The number of fused-ring (bicyclic) bond motifs is 1. The molecular weight excluding hydrogens is 418 g/mol. The summed E-state index contributed by atoms with van der Waals surface area (Å²) >= 11 is 0. The smallest absolute Gasteiger partial charge is 0.312 e. The Morgan fingerprint density at radius 1 is 1.33 bits per heavy atom. The Balaban J connectivity index is 1.35. The maximum Gasteiger partial charge on any atom is 0.312 e. The maximum absolute atomic E-state index is 12.6. The second-order valence-corrected chi connectivity index (χ2v) is 8.58. The van der Waals surface area contributed by atoms with E-state index in [0.717, 1.165) is 25.1 Å². The van der Waals surface area contributed by atoms with Gasteiger partial charge in [0.2, 0.25) is 0 Å². The van der Waals surface area contributed by atoms with E-state index in [2.05, 4.69) is 22.1 Å². The Morgan fingerprint density at radius 2 is 2.18 bits per heavy atom. The first-order chi connectivity index (χ1) is 16.0. The Hall–Kier alpha value is -3.19. The van der Waals surface area contributed by atoms with E-state index in [9.17, 15) is 9.59 Å². The van der Waals surface area contributed by atoms with Crippen molar-refractivity contribution in [2.75, 3.05) is 26.7 Å². The summed E-state index contributed by atoms with van der Waals surface area (Å²) in [6.45, 7) is 5.03. The van der Waals surface area contributed by atoms with Gasteiger partial charge in [-0.1, -0.05) is 24.6 Å². The molecule has 2 aliphatic heterocycles. The Labute approximate surface area is 194 Å². The molecule has 2 heterocycles. The summed E-state index contributed by atoms with van der Waals surface area (Å²) in [6.07, 6.45) is 11.0. The summed E-state index contributed by atoms with van der Waals surface area (Å²) in [7, 11) is 1.58. The van der Waals surface area contributed by atoms with Crippen molar-refractivity contribution in [1.29, 1.82) is 0 Å². The van der Waals surface area contributed by atoms with Crippen LogP contribution in [-0.4, -0.2) is 61.3 Å². The second kappa shape index (κ2) is 10.6. The summed E-state index contributed by atoms with van der Waals surface area (Å²) in [5, 5.41) is 2.98. The number of nitrogens with zero attached hydrogens (tertiary/aromatic N) is 2. The molecule has 33 heavy (non-hydrogen) atoms. The van der Waals surface area contributed by atoms with Gasteiger partial charge in [0.05, 0.1) is 12.8 Å². The highest BCUT2D eigenvalue weighted by Crippen LogP contribution is 2.26. The average molecular weight is 450 g/mol. The predicted molar refractivity (Wildman–Crippen MR) is 128 cm³/mol. The number of para-hydroxylation sites is 1. The number of likely N-dealkylation sites (tertiary alicyclic amines) is 1. The van der Waals surface area contributed by atoms with E-state index >= 15 is 0 Å². The number of aliphatic imine (C=N–C) groups is 1. The van der Waals surface area contributed by atoms with E-state index in [0.29, 0.717) is 29.6 Å². The largest absolute Gasteiger partial charge is 0.496 e. The van der Waals surface area contributed by atoms with Crippen LogP contribution in [0.4, 0.5) is 0 Å². The minimum Gasteiger partial charge on any atom is -0.496 e. The van der Waals surface area contributed by atoms with Crippen molar-refractivity contribution in [2.24, 2.45) is 4.99 Å². The molecule has 1 N–H and O–H groups in total. The normalized spacial score (nSPS) is 23.9. The van der Waals surface area contributed by atoms with E-state index in [1.54, 1.807) is 31.4 Å². The molecule has 7 nitrogen and oxygen atoms in total. The first-order valence-electron chi connectivity index (χ1n) is 11.6. The van der Waals surface area contributed by atoms with Crippen LogP contribution in [0.25, 0.3) is 6.08 Å². The van der Waals surface area contributed by atoms with Crippen molar-refractivity contribution < 1.29 is 19.1 Å². The minimum absolute atomic E-state index is 0.145. The first kappa shape index (κ1) is 23.0. The van der Waals surface area contributed by atoms with Gasteiger partial charge >= 0.3 is 5.91 Å². The standard InChI is InChI=1S/C26H31N3O4/c1-18-8-5-6-14-29(18)15-7-13-27-25(30)20-11-12-23-21(16-20)28-26(31)24(33-23)17-19-9-3-4-10-22(19)32-2/h3-4,9-12,16-18,23H,5-8,13-15H2,1-2H3,(H,27,30)/b24-17-. The van der Waals surface area contributed by atoms with Gasteiger partial charge in [0, 0.05) is 30.3 Å². The van der Waals surface area contributed by atoms with E-state index < -0.39 is 12.0 Å². The molecular formula is C26H31N3O4. The minimum atomic E-state index is -0.499. The van der Waals surface area contributed by atoms with Crippen molar-refractivity contribution in [3.8, 4) is 5.75 Å². The molecule has 0 bridgehead atoms. The fraction of sp³-hybridized carbons (Fsp3) is 0.423. The quantitative estimate of drug-likeness (QED) is 0.511. The van der Waals surface area contributed by atoms with E-state index in [4.69, 9.17) is 9.47 Å². The fourth-order valence-corrected chi connectivity index (χ4v) is 4.37. The lowest BCUT2D eigenvalue weighted by Gasteiger charge is -2.33. The van der Waals surface area contributed by atoms with Gasteiger partial charge in [-0.25, -0.2) is 4.99 Å². The highest BCUT2D eigenvalue weighted by atomic mass is 16.5. The molecule has 4 rings (SSSR count). The third kappa shape index (κ3) is 5.60. The van der Waals surface area contributed by atoms with Gasteiger partial charge in [0.25, 0.3) is 5.91 Å². The monoisotopic (exact) mass is 449 g/mol. The molecule has 0 saturated carbocycles. The zero-order valence-corrected chi connectivity index (χ0v) is 19.3. The summed E-state index contributed by atoms with van der Waals surface area (Å²) in [5.41, 5.74) is 1.65. The Morgan fingerprint density at radius 3 is 3.00 bits per heavy atom. The zero-order valence-electron chi connectivity index (χ0n) is 19.3. The van der Waals surface area contributed by atoms with Gasteiger partial charge in [0.15, 0.2) is 11.9 Å². The molecule has 1 saturated heterocycles. The number of rotatable bonds is 7. The highest BCUT2D eigenvalue weighted by molar-refractivity contribution is 6.16. The topological polar surface area (TPSA) is 80.2 Å². The lowest BCUT2D eigenvalue weighted by Crippen LogP contribution is -2.39. The third-order valence-corrected chi connectivity index (χ3v) is 6.28. The highest BCUT2D eigenvalue weighted by Gasteiger charge is 2.29. The molecule has 7 heteroatoms. The molecule has 0 radical (unpaired) electrons. The number of carbonyl (C=O) groups is 2. The van der Waals surface area contributed by atoms with Crippen LogP contribution in [0.1, 0.15) is 38.2 Å². The van der Waals surface area contributed by atoms with Crippen LogP contribution in [-0.2, 0) is 14.3 Å². The second-order valence-electron chi connectivity index (χ2n) is 8.58. The van der Waals surface area contributed by atoms with Crippen LogP contribution >= 0.6 is 0 Å². The number of amides is 2. The number of nitrogens with one attached hydrogen (secondary N) is 1. The van der Waals surface area contributed by atoms with Gasteiger partial charge in [0.1, 0.15) is 5.75 Å². The molecule has 2 unspecified atom stereocenters. The molecule has 1 aromatic rings. The molecule has 1 fully saturated rings. The van der Waals surface area contributed by atoms with E-state index in [-0.39, 0.29) is 11.7 Å². The number of methoxy groups -OCH3 is 1. The van der Waals surface area contributed by atoms with Crippen molar-refractivity contribution in [3.63, 3.8) is 0 Å². The van der Waals surface area contributed by atoms with Gasteiger partial charge < -0.3 is 19.7 Å². The summed E-state index contributed by atoms with van der Waals surface area (Å²) in [5.74, 6) is 0.145.